The zero-order chi connectivity index (χ0) is 12.6. The average molecular weight is 267 g/mol. The Morgan fingerprint density at radius 1 is 1.44 bits per heavy atom. The Hall–Kier alpha value is -0.310. The van der Waals surface area contributed by atoms with E-state index in [0.717, 1.165) is 0 Å². The van der Waals surface area contributed by atoms with Crippen LogP contribution < -0.4 is 0 Å². The van der Waals surface area contributed by atoms with Gasteiger partial charge >= 0.3 is 0 Å². The number of alkyl halides is 1. The lowest BCUT2D eigenvalue weighted by atomic mass is 10.2. The zero-order valence-electron chi connectivity index (χ0n) is 9.82. The maximum atomic E-state index is 11.9. The largest absolute Gasteiger partial charge is 0.214 e. The summed E-state index contributed by atoms with van der Waals surface area (Å²) >= 11 is 5.49. The highest BCUT2D eigenvalue weighted by molar-refractivity contribution is 7.89. The molecule has 0 spiro atoms. The van der Waals surface area contributed by atoms with Gasteiger partial charge in [0.25, 0.3) is 0 Å². The van der Waals surface area contributed by atoms with Gasteiger partial charge in [-0.05, 0) is 12.3 Å². The second-order valence-corrected chi connectivity index (χ2v) is 6.48. The van der Waals surface area contributed by atoms with E-state index >= 15 is 0 Å². The molecule has 0 aromatic heterocycles. The third-order valence-corrected chi connectivity index (χ3v) is 4.16. The van der Waals surface area contributed by atoms with Crippen molar-refractivity contribution in [3.05, 3.63) is 0 Å². The first-order valence-electron chi connectivity index (χ1n) is 5.34. The molecule has 0 atom stereocenters. The third kappa shape index (κ3) is 6.31. The Balaban J connectivity index is 4.53. The van der Waals surface area contributed by atoms with Gasteiger partial charge in [0.1, 0.15) is 0 Å². The number of nitriles is 1. The Morgan fingerprint density at radius 2 is 2.06 bits per heavy atom. The molecule has 0 bridgehead atoms. The van der Waals surface area contributed by atoms with E-state index in [1.165, 1.54) is 4.31 Å². The van der Waals surface area contributed by atoms with Crippen LogP contribution in [0.15, 0.2) is 0 Å². The van der Waals surface area contributed by atoms with E-state index in [4.69, 9.17) is 16.9 Å². The van der Waals surface area contributed by atoms with Gasteiger partial charge in [-0.3, -0.25) is 0 Å². The molecule has 0 saturated carbocycles. The van der Waals surface area contributed by atoms with Crippen molar-refractivity contribution in [2.75, 3.05) is 24.7 Å². The van der Waals surface area contributed by atoms with Gasteiger partial charge in [-0.15, -0.1) is 11.6 Å². The van der Waals surface area contributed by atoms with E-state index in [1.54, 1.807) is 0 Å². The molecule has 0 heterocycles. The molecule has 0 aliphatic carbocycles. The van der Waals surface area contributed by atoms with Gasteiger partial charge in [-0.1, -0.05) is 13.8 Å². The van der Waals surface area contributed by atoms with Crippen molar-refractivity contribution in [1.82, 2.24) is 4.31 Å². The number of rotatable bonds is 8. The van der Waals surface area contributed by atoms with E-state index in [2.05, 4.69) is 0 Å². The summed E-state index contributed by atoms with van der Waals surface area (Å²) in [5.74, 6) is 0.659. The molecule has 0 radical (unpaired) electrons. The molecule has 0 aliphatic rings. The monoisotopic (exact) mass is 266 g/mol. The van der Waals surface area contributed by atoms with Crippen molar-refractivity contribution in [3.8, 4) is 6.07 Å². The summed E-state index contributed by atoms with van der Waals surface area (Å²) in [5, 5.41) is 8.50. The first-order valence-corrected chi connectivity index (χ1v) is 7.49. The molecular weight excluding hydrogens is 248 g/mol. The quantitative estimate of drug-likeness (QED) is 0.630. The zero-order valence-corrected chi connectivity index (χ0v) is 11.4. The highest BCUT2D eigenvalue weighted by atomic mass is 35.5. The van der Waals surface area contributed by atoms with Crippen molar-refractivity contribution in [2.24, 2.45) is 5.92 Å². The van der Waals surface area contributed by atoms with Crippen LogP contribution in [0.25, 0.3) is 0 Å². The lowest BCUT2D eigenvalue weighted by molar-refractivity contribution is 0.372. The molecule has 0 fully saturated rings. The molecule has 0 amide bonds. The Labute approximate surface area is 103 Å². The van der Waals surface area contributed by atoms with Gasteiger partial charge in [0.2, 0.25) is 10.0 Å². The summed E-state index contributed by atoms with van der Waals surface area (Å²) in [4.78, 5) is 0. The molecule has 0 aliphatic heterocycles. The molecule has 0 rings (SSSR count). The first kappa shape index (κ1) is 15.7. The summed E-state index contributed by atoms with van der Waals surface area (Å²) in [6.45, 7) is 4.65. The molecule has 94 valence electrons. The van der Waals surface area contributed by atoms with Gasteiger partial charge in [0, 0.05) is 25.4 Å². The molecule has 0 aromatic carbocycles. The van der Waals surface area contributed by atoms with Crippen LogP contribution in [0.2, 0.25) is 0 Å². The summed E-state index contributed by atoms with van der Waals surface area (Å²) < 4.78 is 25.2. The maximum Gasteiger partial charge on any atom is 0.214 e. The van der Waals surface area contributed by atoms with E-state index in [0.29, 0.717) is 18.8 Å². The van der Waals surface area contributed by atoms with Gasteiger partial charge in [0.15, 0.2) is 0 Å². The number of nitrogens with zero attached hydrogens (tertiary/aromatic N) is 2. The molecule has 0 N–H and O–H groups in total. The topological polar surface area (TPSA) is 61.2 Å². The highest BCUT2D eigenvalue weighted by Gasteiger charge is 2.21. The van der Waals surface area contributed by atoms with Crippen LogP contribution in [0.4, 0.5) is 0 Å². The van der Waals surface area contributed by atoms with Crippen molar-refractivity contribution in [1.29, 1.82) is 5.26 Å². The molecule has 6 heteroatoms. The second-order valence-electron chi connectivity index (χ2n) is 4.02. The van der Waals surface area contributed by atoms with E-state index in [-0.39, 0.29) is 24.6 Å². The smallest absolute Gasteiger partial charge is 0.212 e. The van der Waals surface area contributed by atoms with Crippen molar-refractivity contribution in [2.45, 2.75) is 26.7 Å². The Bertz CT molecular complexity index is 322. The lowest BCUT2D eigenvalue weighted by Gasteiger charge is -2.22. The lowest BCUT2D eigenvalue weighted by Crippen LogP contribution is -2.36. The summed E-state index contributed by atoms with van der Waals surface area (Å²) in [6, 6.07) is 1.97. The number of halogens is 1. The third-order valence-electron chi connectivity index (χ3n) is 1.97. The summed E-state index contributed by atoms with van der Waals surface area (Å²) in [5.41, 5.74) is 0. The van der Waals surface area contributed by atoms with E-state index < -0.39 is 10.0 Å². The fourth-order valence-electron chi connectivity index (χ4n) is 1.29. The second kappa shape index (κ2) is 7.88. The van der Waals surface area contributed by atoms with Gasteiger partial charge in [-0.25, -0.2) is 12.7 Å². The average Bonchev–Trinajstić information content (AvgIpc) is 2.20. The van der Waals surface area contributed by atoms with Gasteiger partial charge in [-0.2, -0.15) is 5.26 Å². The molecule has 16 heavy (non-hydrogen) atoms. The van der Waals surface area contributed by atoms with Crippen LogP contribution in [-0.2, 0) is 10.0 Å². The molecule has 0 saturated heterocycles. The van der Waals surface area contributed by atoms with Gasteiger partial charge in [0.05, 0.1) is 11.8 Å². The summed E-state index contributed by atoms with van der Waals surface area (Å²) in [7, 11) is -3.25. The Morgan fingerprint density at radius 3 is 2.50 bits per heavy atom. The molecule has 0 unspecified atom stereocenters. The van der Waals surface area contributed by atoms with Crippen LogP contribution >= 0.6 is 11.6 Å². The van der Waals surface area contributed by atoms with Crippen molar-refractivity contribution < 1.29 is 8.42 Å². The summed E-state index contributed by atoms with van der Waals surface area (Å²) in [6.07, 6.45) is 0.678. The predicted molar refractivity (Wildman–Crippen MR) is 65.8 cm³/mol. The van der Waals surface area contributed by atoms with Crippen LogP contribution in [0.3, 0.4) is 0 Å². The Kier molecular flexibility index (Phi) is 7.73. The maximum absolute atomic E-state index is 11.9. The molecule has 4 nitrogen and oxygen atoms in total. The first-order chi connectivity index (χ1) is 7.44. The minimum Gasteiger partial charge on any atom is -0.212 e. The SMILES string of the molecule is CC(C)CN(CCC#N)S(=O)(=O)CCCCl. The number of hydrogen-bond donors (Lipinski definition) is 0. The van der Waals surface area contributed by atoms with Crippen LogP contribution in [0, 0.1) is 17.2 Å². The highest BCUT2D eigenvalue weighted by Crippen LogP contribution is 2.09. The van der Waals surface area contributed by atoms with Crippen molar-refractivity contribution in [3.63, 3.8) is 0 Å². The molecule has 0 aromatic rings. The van der Waals surface area contributed by atoms with E-state index in [9.17, 15) is 8.42 Å². The van der Waals surface area contributed by atoms with Crippen LogP contribution in [-0.4, -0.2) is 37.4 Å². The molecular formula is C10H19ClN2O2S. The minimum atomic E-state index is -3.25. The van der Waals surface area contributed by atoms with Crippen LogP contribution in [0.1, 0.15) is 26.7 Å². The standard InChI is InChI=1S/C10H19ClN2O2S/c1-10(2)9-13(7-4-6-12)16(14,15)8-3-5-11/h10H,3-5,7-9H2,1-2H3. The normalized spacial score (nSPS) is 12.0. The number of sulfonamides is 1. The van der Waals surface area contributed by atoms with Crippen LogP contribution in [0.5, 0.6) is 0 Å². The van der Waals surface area contributed by atoms with Gasteiger partial charge < -0.3 is 0 Å². The van der Waals surface area contributed by atoms with Crippen molar-refractivity contribution >= 4 is 21.6 Å². The minimum absolute atomic E-state index is 0.0641. The fraction of sp³-hybridized carbons (Fsp3) is 0.900. The van der Waals surface area contributed by atoms with E-state index in [1.807, 2.05) is 19.9 Å². The fourth-order valence-corrected chi connectivity index (χ4v) is 3.25. The number of hydrogen-bond acceptors (Lipinski definition) is 3. The predicted octanol–water partition coefficient (Wildman–Crippen LogP) is 1.82.